The van der Waals surface area contributed by atoms with Gasteiger partial charge < -0.3 is 10.2 Å². The average molecular weight is 259 g/mol. The molecular formula is C14H13NO2S. The van der Waals surface area contributed by atoms with Crippen LogP contribution < -0.4 is 0 Å². The number of aliphatic imine (C=N–C) groups is 1. The van der Waals surface area contributed by atoms with E-state index in [1.54, 1.807) is 18.0 Å². The van der Waals surface area contributed by atoms with Gasteiger partial charge in [0.15, 0.2) is 0 Å². The minimum atomic E-state index is 0.0955. The molecule has 0 heterocycles. The maximum atomic E-state index is 9.63. The van der Waals surface area contributed by atoms with E-state index < -0.39 is 0 Å². The molecule has 3 nitrogen and oxygen atoms in total. The van der Waals surface area contributed by atoms with Crippen molar-refractivity contribution in [1.29, 1.82) is 0 Å². The van der Waals surface area contributed by atoms with Crippen LogP contribution in [0.15, 0.2) is 52.4 Å². The van der Waals surface area contributed by atoms with Crippen molar-refractivity contribution in [3.05, 3.63) is 48.0 Å². The Hall–Kier alpha value is -1.94. The molecule has 0 unspecified atom stereocenters. The first kappa shape index (κ1) is 12.5. The predicted octanol–water partition coefficient (Wildman–Crippen LogP) is 3.57. The molecule has 0 saturated carbocycles. The Bertz CT molecular complexity index is 582. The first-order chi connectivity index (χ1) is 8.70. The average Bonchev–Trinajstić information content (AvgIpc) is 2.40. The Morgan fingerprint density at radius 2 is 1.89 bits per heavy atom. The van der Waals surface area contributed by atoms with Crippen LogP contribution in [0.5, 0.6) is 11.5 Å². The molecule has 0 aliphatic heterocycles. The summed E-state index contributed by atoms with van der Waals surface area (Å²) in [4.78, 5) is 5.40. The highest BCUT2D eigenvalue weighted by Gasteiger charge is 2.01. The van der Waals surface area contributed by atoms with Gasteiger partial charge in [0.05, 0.1) is 5.69 Å². The zero-order valence-corrected chi connectivity index (χ0v) is 10.7. The summed E-state index contributed by atoms with van der Waals surface area (Å²) in [7, 11) is 0. The van der Waals surface area contributed by atoms with Crippen LogP contribution in [0.25, 0.3) is 0 Å². The number of hydrogen-bond donors (Lipinski definition) is 2. The standard InChI is InChI=1S/C14H13NO2S/c1-18-14-5-3-2-4-12(14)15-9-10-8-11(16)6-7-13(10)17/h2-9,16-17H,1H3/b15-9+. The van der Waals surface area contributed by atoms with Gasteiger partial charge in [-0.05, 0) is 36.6 Å². The van der Waals surface area contributed by atoms with E-state index in [4.69, 9.17) is 0 Å². The van der Waals surface area contributed by atoms with Crippen molar-refractivity contribution in [2.75, 3.05) is 6.26 Å². The van der Waals surface area contributed by atoms with Crippen molar-refractivity contribution >= 4 is 23.7 Å². The van der Waals surface area contributed by atoms with Crippen molar-refractivity contribution in [2.45, 2.75) is 4.90 Å². The highest BCUT2D eigenvalue weighted by Crippen LogP contribution is 2.28. The zero-order valence-electron chi connectivity index (χ0n) is 9.87. The Kier molecular flexibility index (Phi) is 3.89. The smallest absolute Gasteiger partial charge is 0.124 e. The second-order valence-corrected chi connectivity index (χ2v) is 4.52. The number of nitrogens with zero attached hydrogens (tertiary/aromatic N) is 1. The molecule has 0 amide bonds. The van der Waals surface area contributed by atoms with Crippen molar-refractivity contribution in [3.63, 3.8) is 0 Å². The number of rotatable bonds is 3. The lowest BCUT2D eigenvalue weighted by Crippen LogP contribution is -1.82. The van der Waals surface area contributed by atoms with Gasteiger partial charge >= 0.3 is 0 Å². The highest BCUT2D eigenvalue weighted by atomic mass is 32.2. The summed E-state index contributed by atoms with van der Waals surface area (Å²) in [5, 5.41) is 19.0. The van der Waals surface area contributed by atoms with Gasteiger partial charge in [-0.3, -0.25) is 4.99 Å². The number of thioether (sulfide) groups is 1. The lowest BCUT2D eigenvalue weighted by atomic mass is 10.2. The van der Waals surface area contributed by atoms with Gasteiger partial charge in [-0.15, -0.1) is 11.8 Å². The largest absolute Gasteiger partial charge is 0.508 e. The van der Waals surface area contributed by atoms with Crippen LogP contribution in [0.1, 0.15) is 5.56 Å². The summed E-state index contributed by atoms with van der Waals surface area (Å²) in [5.41, 5.74) is 1.33. The van der Waals surface area contributed by atoms with Crippen LogP contribution >= 0.6 is 11.8 Å². The van der Waals surface area contributed by atoms with Crippen molar-refractivity contribution < 1.29 is 10.2 Å². The summed E-state index contributed by atoms with van der Waals surface area (Å²) < 4.78 is 0. The minimum Gasteiger partial charge on any atom is -0.508 e. The Labute approximate surface area is 110 Å². The van der Waals surface area contributed by atoms with Crippen LogP contribution in [0.2, 0.25) is 0 Å². The third-order valence-electron chi connectivity index (χ3n) is 2.44. The fraction of sp³-hybridized carbons (Fsp3) is 0.0714. The minimum absolute atomic E-state index is 0.0955. The van der Waals surface area contributed by atoms with E-state index in [0.717, 1.165) is 10.6 Å². The molecule has 0 atom stereocenters. The van der Waals surface area contributed by atoms with Gasteiger partial charge in [0.1, 0.15) is 11.5 Å². The monoisotopic (exact) mass is 259 g/mol. The molecule has 0 fully saturated rings. The van der Waals surface area contributed by atoms with Gasteiger partial charge in [0.25, 0.3) is 0 Å². The summed E-state index contributed by atoms with van der Waals surface area (Å²) in [5.74, 6) is 0.200. The van der Waals surface area contributed by atoms with Crippen molar-refractivity contribution in [1.82, 2.24) is 0 Å². The molecule has 2 rings (SSSR count). The molecule has 0 spiro atoms. The van der Waals surface area contributed by atoms with E-state index in [-0.39, 0.29) is 11.5 Å². The van der Waals surface area contributed by atoms with E-state index in [0.29, 0.717) is 5.56 Å². The molecule has 0 aliphatic carbocycles. The van der Waals surface area contributed by atoms with Gasteiger partial charge in [-0.2, -0.15) is 0 Å². The molecule has 0 bridgehead atoms. The SMILES string of the molecule is CSc1ccccc1/N=C/c1cc(O)ccc1O. The molecule has 2 N–H and O–H groups in total. The third kappa shape index (κ3) is 2.84. The molecule has 0 saturated heterocycles. The molecule has 18 heavy (non-hydrogen) atoms. The topological polar surface area (TPSA) is 52.8 Å². The quantitative estimate of drug-likeness (QED) is 0.503. The molecule has 2 aromatic carbocycles. The second-order valence-electron chi connectivity index (χ2n) is 3.67. The van der Waals surface area contributed by atoms with Crippen LogP contribution in [-0.2, 0) is 0 Å². The fourth-order valence-electron chi connectivity index (χ4n) is 1.52. The molecule has 0 aromatic heterocycles. The Balaban J connectivity index is 2.33. The normalized spacial score (nSPS) is 10.9. The van der Waals surface area contributed by atoms with Crippen LogP contribution in [0, 0.1) is 0 Å². The summed E-state index contributed by atoms with van der Waals surface area (Å²) in [6.45, 7) is 0. The zero-order chi connectivity index (χ0) is 13.0. The Morgan fingerprint density at radius 3 is 2.67 bits per heavy atom. The number of para-hydroxylation sites is 1. The highest BCUT2D eigenvalue weighted by molar-refractivity contribution is 7.98. The van der Waals surface area contributed by atoms with Gasteiger partial charge in [-0.25, -0.2) is 0 Å². The maximum Gasteiger partial charge on any atom is 0.124 e. The Morgan fingerprint density at radius 1 is 1.11 bits per heavy atom. The molecular weight excluding hydrogens is 246 g/mol. The number of hydrogen-bond acceptors (Lipinski definition) is 4. The lowest BCUT2D eigenvalue weighted by molar-refractivity contribution is 0.459. The third-order valence-corrected chi connectivity index (χ3v) is 3.22. The maximum absolute atomic E-state index is 9.63. The number of benzene rings is 2. The van der Waals surface area contributed by atoms with Crippen LogP contribution in [0.4, 0.5) is 5.69 Å². The van der Waals surface area contributed by atoms with Gasteiger partial charge in [0, 0.05) is 16.7 Å². The second kappa shape index (κ2) is 5.60. The van der Waals surface area contributed by atoms with Crippen LogP contribution in [-0.4, -0.2) is 22.7 Å². The van der Waals surface area contributed by atoms with E-state index in [1.165, 1.54) is 18.2 Å². The van der Waals surface area contributed by atoms with E-state index in [9.17, 15) is 10.2 Å². The molecule has 0 radical (unpaired) electrons. The number of phenolic OH excluding ortho intramolecular Hbond substituents is 2. The molecule has 4 heteroatoms. The molecule has 2 aromatic rings. The summed E-state index contributed by atoms with van der Waals surface area (Å²) in [6.07, 6.45) is 3.53. The number of phenols is 2. The number of aromatic hydroxyl groups is 2. The van der Waals surface area contributed by atoms with Gasteiger partial charge in [0.2, 0.25) is 0 Å². The van der Waals surface area contributed by atoms with Gasteiger partial charge in [-0.1, -0.05) is 12.1 Å². The van der Waals surface area contributed by atoms with E-state index in [1.807, 2.05) is 30.5 Å². The summed E-state index contributed by atoms with van der Waals surface area (Å²) in [6, 6.07) is 12.1. The lowest BCUT2D eigenvalue weighted by Gasteiger charge is -2.02. The first-order valence-electron chi connectivity index (χ1n) is 5.40. The van der Waals surface area contributed by atoms with Crippen molar-refractivity contribution in [2.24, 2.45) is 4.99 Å². The van der Waals surface area contributed by atoms with E-state index >= 15 is 0 Å². The van der Waals surface area contributed by atoms with E-state index in [2.05, 4.69) is 4.99 Å². The van der Waals surface area contributed by atoms with Crippen molar-refractivity contribution in [3.8, 4) is 11.5 Å². The summed E-state index contributed by atoms with van der Waals surface area (Å²) >= 11 is 1.61. The first-order valence-corrected chi connectivity index (χ1v) is 6.62. The predicted molar refractivity (Wildman–Crippen MR) is 75.2 cm³/mol. The molecule has 92 valence electrons. The fourth-order valence-corrected chi connectivity index (χ4v) is 2.07. The van der Waals surface area contributed by atoms with Crippen LogP contribution in [0.3, 0.4) is 0 Å². The molecule has 0 aliphatic rings.